The van der Waals surface area contributed by atoms with E-state index >= 15 is 0 Å². The van der Waals surface area contributed by atoms with Crippen LogP contribution in [0, 0.1) is 0 Å². The number of anilines is 4. The maximum Gasteiger partial charge on any atom is 0.417 e. The molecule has 34 heavy (non-hydrogen) atoms. The van der Waals surface area contributed by atoms with Gasteiger partial charge >= 0.3 is 18.1 Å². The second-order valence-electron chi connectivity index (χ2n) is 6.87. The number of hydrogen-bond donors (Lipinski definition) is 5. The molecular weight excluding hydrogens is 498 g/mol. The van der Waals surface area contributed by atoms with Gasteiger partial charge in [0.1, 0.15) is 0 Å². The normalized spacial score (nSPS) is 10.9. The summed E-state index contributed by atoms with van der Waals surface area (Å²) in [5, 5.41) is 23.8. The van der Waals surface area contributed by atoms with Crippen LogP contribution in [0.2, 0.25) is 5.02 Å². The van der Waals surface area contributed by atoms with E-state index in [1.165, 1.54) is 36.4 Å². The lowest BCUT2D eigenvalue weighted by molar-refractivity contribution is -0.137. The summed E-state index contributed by atoms with van der Waals surface area (Å²) in [7, 11) is 0. The minimum absolute atomic E-state index is 0. The molecule has 7 nitrogen and oxygen atoms in total. The van der Waals surface area contributed by atoms with Crippen LogP contribution < -0.4 is 16.4 Å². The van der Waals surface area contributed by atoms with Crippen molar-refractivity contribution in [1.29, 1.82) is 0 Å². The van der Waals surface area contributed by atoms with E-state index in [2.05, 4.69) is 10.6 Å². The van der Waals surface area contributed by atoms with Gasteiger partial charge in [-0.2, -0.15) is 13.2 Å². The van der Waals surface area contributed by atoms with Crippen molar-refractivity contribution in [3.8, 4) is 0 Å². The maximum absolute atomic E-state index is 13.5. The summed E-state index contributed by atoms with van der Waals surface area (Å²) in [5.74, 6) is -2.57. The van der Waals surface area contributed by atoms with Crippen molar-refractivity contribution >= 4 is 58.7 Å². The van der Waals surface area contributed by atoms with Crippen LogP contribution in [0.1, 0.15) is 31.8 Å². The first-order valence-electron chi connectivity index (χ1n) is 9.34. The number of carbonyl (C=O) groups is 2. The van der Waals surface area contributed by atoms with Gasteiger partial charge in [-0.1, -0.05) is 29.8 Å². The number of halogens is 5. The third-order valence-electron chi connectivity index (χ3n) is 4.66. The van der Waals surface area contributed by atoms with Crippen LogP contribution in [0.25, 0.3) is 0 Å². The van der Waals surface area contributed by atoms with Crippen LogP contribution in [0.4, 0.5) is 35.9 Å². The number of hydrogen-bond acceptors (Lipinski definition) is 5. The third-order valence-corrected chi connectivity index (χ3v) is 4.97. The second kappa shape index (κ2) is 10.6. The Morgan fingerprint density at radius 3 is 1.97 bits per heavy atom. The first kappa shape index (κ1) is 26.8. The molecule has 0 radical (unpaired) electrons. The van der Waals surface area contributed by atoms with Crippen molar-refractivity contribution < 1.29 is 33.0 Å². The van der Waals surface area contributed by atoms with Gasteiger partial charge in [-0.3, -0.25) is 0 Å². The standard InChI is InChI=1S/C22H17ClF3N3O4.ClH/c23-15-9-19(28-16-4-2-1-3-12(16)20(30)31)18(8-14(15)22(24,25)26)29-17-6-5-11(10-27)7-13(17)21(32)33;/h1-9,28-29H,10,27H2,(H,30,31)(H,32,33);1H. The molecule has 3 rings (SSSR count). The van der Waals surface area contributed by atoms with Crippen molar-refractivity contribution in [1.82, 2.24) is 0 Å². The Morgan fingerprint density at radius 1 is 0.853 bits per heavy atom. The predicted molar refractivity (Wildman–Crippen MR) is 125 cm³/mol. The largest absolute Gasteiger partial charge is 0.478 e. The number of carboxylic acid groups (broad SMARTS) is 2. The molecule has 0 aliphatic heterocycles. The Balaban J connectivity index is 0.00000408. The lowest BCUT2D eigenvalue weighted by Gasteiger charge is -2.20. The molecule has 0 bridgehead atoms. The van der Waals surface area contributed by atoms with E-state index in [0.29, 0.717) is 5.56 Å². The third kappa shape index (κ3) is 5.90. The molecule has 0 heterocycles. The molecule has 0 saturated carbocycles. The molecular formula is C22H18Cl2F3N3O4. The van der Waals surface area contributed by atoms with Crippen molar-refractivity contribution in [3.63, 3.8) is 0 Å². The average Bonchev–Trinajstić information content (AvgIpc) is 2.74. The van der Waals surface area contributed by atoms with Gasteiger partial charge in [0.05, 0.1) is 44.5 Å². The zero-order valence-corrected chi connectivity index (χ0v) is 18.7. The predicted octanol–water partition coefficient (Wildman–Crippen LogP) is 6.12. The average molecular weight is 516 g/mol. The molecule has 0 aromatic heterocycles. The van der Waals surface area contributed by atoms with E-state index in [0.717, 1.165) is 12.1 Å². The van der Waals surface area contributed by atoms with Crippen LogP contribution in [-0.2, 0) is 12.7 Å². The van der Waals surface area contributed by atoms with Crippen molar-refractivity contribution in [2.45, 2.75) is 12.7 Å². The summed E-state index contributed by atoms with van der Waals surface area (Å²) < 4.78 is 40.5. The fourth-order valence-corrected chi connectivity index (χ4v) is 3.34. The minimum atomic E-state index is -4.79. The molecule has 0 fully saturated rings. The SMILES string of the molecule is Cl.NCc1ccc(Nc2cc(C(F)(F)F)c(Cl)cc2Nc2ccccc2C(=O)O)c(C(=O)O)c1. The van der Waals surface area contributed by atoms with Gasteiger partial charge in [0.2, 0.25) is 0 Å². The molecule has 0 aliphatic carbocycles. The zero-order valence-electron chi connectivity index (χ0n) is 17.1. The van der Waals surface area contributed by atoms with E-state index in [1.54, 1.807) is 6.07 Å². The van der Waals surface area contributed by atoms with Crippen LogP contribution >= 0.6 is 24.0 Å². The van der Waals surface area contributed by atoms with Crippen LogP contribution in [0.5, 0.6) is 0 Å². The fourth-order valence-electron chi connectivity index (χ4n) is 3.07. The molecule has 6 N–H and O–H groups in total. The molecule has 0 unspecified atom stereocenters. The van der Waals surface area contributed by atoms with Gasteiger partial charge in [-0.15, -0.1) is 12.4 Å². The van der Waals surface area contributed by atoms with E-state index in [9.17, 15) is 33.0 Å². The zero-order chi connectivity index (χ0) is 24.3. The lowest BCUT2D eigenvalue weighted by Crippen LogP contribution is -2.10. The molecule has 12 heteroatoms. The highest BCUT2D eigenvalue weighted by Crippen LogP contribution is 2.41. The summed E-state index contributed by atoms with van der Waals surface area (Å²) >= 11 is 5.87. The topological polar surface area (TPSA) is 125 Å². The van der Waals surface area contributed by atoms with Gasteiger partial charge in [0.25, 0.3) is 0 Å². The summed E-state index contributed by atoms with van der Waals surface area (Å²) in [6, 6.07) is 11.7. The Labute approximate surface area is 202 Å². The van der Waals surface area contributed by atoms with Gasteiger partial charge in [0.15, 0.2) is 0 Å². The first-order chi connectivity index (χ1) is 15.5. The van der Waals surface area contributed by atoms with Crippen molar-refractivity contribution in [2.75, 3.05) is 10.6 Å². The number of alkyl halides is 3. The first-order valence-corrected chi connectivity index (χ1v) is 9.72. The quantitative estimate of drug-likeness (QED) is 0.256. The highest BCUT2D eigenvalue weighted by atomic mass is 35.5. The van der Waals surface area contributed by atoms with Crippen molar-refractivity contribution in [2.24, 2.45) is 5.73 Å². The molecule has 0 atom stereocenters. The number of rotatable bonds is 7. The van der Waals surface area contributed by atoms with Gasteiger partial charge in [-0.05, 0) is 42.0 Å². The molecule has 3 aromatic rings. The highest BCUT2D eigenvalue weighted by Gasteiger charge is 2.34. The monoisotopic (exact) mass is 515 g/mol. The number of carboxylic acids is 2. The van der Waals surface area contributed by atoms with Crippen LogP contribution in [0.15, 0.2) is 54.6 Å². The Kier molecular flexibility index (Phi) is 8.38. The molecule has 3 aromatic carbocycles. The highest BCUT2D eigenvalue weighted by molar-refractivity contribution is 6.32. The number of para-hydroxylation sites is 1. The summed E-state index contributed by atoms with van der Waals surface area (Å²) in [6.45, 7) is 0.0680. The van der Waals surface area contributed by atoms with E-state index in [4.69, 9.17) is 17.3 Å². The van der Waals surface area contributed by atoms with Gasteiger partial charge in [0, 0.05) is 6.54 Å². The van der Waals surface area contributed by atoms with Gasteiger partial charge in [-0.25, -0.2) is 9.59 Å². The maximum atomic E-state index is 13.5. The van der Waals surface area contributed by atoms with E-state index in [1.807, 2.05) is 0 Å². The van der Waals surface area contributed by atoms with Crippen LogP contribution in [-0.4, -0.2) is 22.2 Å². The minimum Gasteiger partial charge on any atom is -0.478 e. The molecule has 0 aliphatic rings. The Hall–Kier alpha value is -3.47. The van der Waals surface area contributed by atoms with Crippen molar-refractivity contribution in [3.05, 3.63) is 81.9 Å². The Bertz CT molecular complexity index is 1240. The summed E-state index contributed by atoms with van der Waals surface area (Å²) in [4.78, 5) is 23.2. The molecule has 180 valence electrons. The second-order valence-corrected chi connectivity index (χ2v) is 7.27. The molecule has 0 spiro atoms. The number of nitrogens with two attached hydrogens (primary N) is 1. The Morgan fingerprint density at radius 2 is 1.41 bits per heavy atom. The summed E-state index contributed by atoms with van der Waals surface area (Å²) in [5.41, 5.74) is 4.50. The smallest absolute Gasteiger partial charge is 0.417 e. The lowest BCUT2D eigenvalue weighted by atomic mass is 10.1. The molecule has 0 amide bonds. The number of nitrogens with one attached hydrogen (secondary N) is 2. The van der Waals surface area contributed by atoms with Gasteiger partial charge < -0.3 is 26.6 Å². The fraction of sp³-hybridized carbons (Fsp3) is 0.0909. The number of aromatic carboxylic acids is 2. The number of benzene rings is 3. The van der Waals surface area contributed by atoms with E-state index in [-0.39, 0.29) is 52.8 Å². The van der Waals surface area contributed by atoms with Crippen LogP contribution in [0.3, 0.4) is 0 Å². The summed E-state index contributed by atoms with van der Waals surface area (Å²) in [6.07, 6.45) is -4.79. The van der Waals surface area contributed by atoms with E-state index < -0.39 is 28.7 Å². The molecule has 0 saturated heterocycles.